The van der Waals surface area contributed by atoms with Crippen LogP contribution < -0.4 is 4.74 Å². The molecular weight excluding hydrogens is 1300 g/mol. The summed E-state index contributed by atoms with van der Waals surface area (Å²) in [4.78, 5) is 80.9. The van der Waals surface area contributed by atoms with Gasteiger partial charge in [-0.05, 0) is 59.7 Å². The topological polar surface area (TPSA) is 513 Å². The second-order valence-electron chi connectivity index (χ2n) is 22.6. The Morgan fingerprint density at radius 2 is 0.990 bits per heavy atom. The molecule has 0 amide bonds. The van der Waals surface area contributed by atoms with Gasteiger partial charge in [0, 0.05) is 32.9 Å². The Kier molecular flexibility index (Phi) is 26.3. The number of benzene rings is 3. The number of phenolic OH excluding ortho intramolecular Hbond substituents is 2. The fourth-order valence-electron chi connectivity index (χ4n) is 10.9. The van der Waals surface area contributed by atoms with Gasteiger partial charge < -0.3 is 142 Å². The Hall–Kier alpha value is -7.44. The number of aromatic hydroxyl groups is 2. The van der Waals surface area contributed by atoms with E-state index in [1.807, 2.05) is 0 Å². The highest BCUT2D eigenvalue weighted by Gasteiger charge is 2.65. The van der Waals surface area contributed by atoms with Gasteiger partial charge in [-0.15, -0.1) is 0 Å². The van der Waals surface area contributed by atoms with Gasteiger partial charge in [-0.1, -0.05) is 36.4 Å². The molecule has 0 saturated carbocycles. The van der Waals surface area contributed by atoms with Crippen LogP contribution in [-0.4, -0.2) is 296 Å². The molecule has 5 aliphatic heterocycles. The van der Waals surface area contributed by atoms with Crippen molar-refractivity contribution in [1.82, 2.24) is 0 Å². The van der Waals surface area contributed by atoms with Crippen LogP contribution in [0.1, 0.15) is 42.3 Å². The maximum atomic E-state index is 14.5. The van der Waals surface area contributed by atoms with Crippen LogP contribution in [0.5, 0.6) is 17.2 Å². The number of ether oxygens (including phenoxy) is 16. The van der Waals surface area contributed by atoms with E-state index in [2.05, 4.69) is 0 Å². The standard InChI is InChI=1S/C62H76O35/c1-27(66)83-24-39-51(86-29(3)68)53(92-58-48(78)46(76)43(73)36(21-63)87-58)50(80)60(89-39)93-54-52(91-42(72)19-14-31-12-17-34(70)35(20-31)82-4)40(25-84-28(2)67)90-61(55(54)94-59-49(79)47(77)44(74)37(22-64)88-59)97-62(26-85-41(71)18-13-30-10-15-33(69)16-11-30)56(45(75)38(23-65)96-62)95-57(81)32-8-6-5-7-9-32/h5-20,36-40,43-56,58-61,63-65,69-70,73-80H,21-26H2,1-4H3/b18-13+,19-14+/t36-,37-,38-,39-,40-,43-,44-,45-,46+,47+,48-,49-,50-,51-,52-,53-,54+,55-,56-,58-,59+,60-,61-,62+/m1/s1. The van der Waals surface area contributed by atoms with E-state index in [-0.39, 0.29) is 28.4 Å². The van der Waals surface area contributed by atoms with Crippen molar-refractivity contribution in [3.05, 3.63) is 102 Å². The lowest BCUT2D eigenvalue weighted by atomic mass is 9.95. The van der Waals surface area contributed by atoms with Crippen molar-refractivity contribution in [1.29, 1.82) is 0 Å². The summed E-state index contributed by atoms with van der Waals surface area (Å²) in [5.41, 5.74) is 0.382. The summed E-state index contributed by atoms with van der Waals surface area (Å²) in [6.07, 6.45) is -46.2. The van der Waals surface area contributed by atoms with Crippen molar-refractivity contribution in [2.75, 3.05) is 46.8 Å². The van der Waals surface area contributed by atoms with Gasteiger partial charge in [0.25, 0.3) is 0 Å². The average molecular weight is 1380 g/mol. The minimum absolute atomic E-state index is 0.0487. The molecule has 0 aromatic heterocycles. The summed E-state index contributed by atoms with van der Waals surface area (Å²) >= 11 is 0. The third-order valence-electron chi connectivity index (χ3n) is 15.8. The smallest absolute Gasteiger partial charge is 0.338 e. The van der Waals surface area contributed by atoms with Crippen LogP contribution in [0.2, 0.25) is 0 Å². The normalized spacial score (nSPS) is 35.1. The van der Waals surface area contributed by atoms with Gasteiger partial charge in [0.2, 0.25) is 5.79 Å². The molecule has 5 aliphatic rings. The summed E-state index contributed by atoms with van der Waals surface area (Å²) in [5, 5.41) is 143. The molecule has 0 radical (unpaired) electrons. The first kappa shape index (κ1) is 75.3. The molecule has 534 valence electrons. The van der Waals surface area contributed by atoms with Gasteiger partial charge in [-0.25, -0.2) is 14.4 Å². The first-order valence-electron chi connectivity index (χ1n) is 30.0. The number of aliphatic hydroxyl groups is 11. The third-order valence-corrected chi connectivity index (χ3v) is 15.8. The molecule has 3 aromatic carbocycles. The quantitative estimate of drug-likeness (QED) is 0.0205. The lowest BCUT2D eigenvalue weighted by Crippen LogP contribution is -2.70. The van der Waals surface area contributed by atoms with E-state index in [0.29, 0.717) is 5.56 Å². The predicted octanol–water partition coefficient (Wildman–Crippen LogP) is -4.40. The van der Waals surface area contributed by atoms with Crippen molar-refractivity contribution >= 4 is 48.0 Å². The van der Waals surface area contributed by atoms with Crippen LogP contribution in [-0.2, 0) is 95.0 Å². The number of hydrogen-bond acceptors (Lipinski definition) is 35. The molecule has 3 aromatic rings. The zero-order chi connectivity index (χ0) is 70.6. The number of aliphatic hydroxyl groups excluding tert-OH is 11. The summed E-state index contributed by atoms with van der Waals surface area (Å²) < 4.78 is 95.4. The van der Waals surface area contributed by atoms with Crippen LogP contribution in [0.3, 0.4) is 0 Å². The van der Waals surface area contributed by atoms with Crippen molar-refractivity contribution in [2.24, 2.45) is 0 Å². The van der Waals surface area contributed by atoms with Crippen molar-refractivity contribution in [3.63, 3.8) is 0 Å². The van der Waals surface area contributed by atoms with E-state index >= 15 is 0 Å². The maximum Gasteiger partial charge on any atom is 0.338 e. The van der Waals surface area contributed by atoms with E-state index in [9.17, 15) is 95.2 Å². The fraction of sp³-hybridized carbons (Fsp3) is 0.548. The molecular formula is C62H76O35. The molecule has 5 heterocycles. The van der Waals surface area contributed by atoms with Crippen LogP contribution in [0.15, 0.2) is 84.9 Å². The monoisotopic (exact) mass is 1380 g/mol. The molecule has 5 saturated heterocycles. The molecule has 13 N–H and O–H groups in total. The summed E-state index contributed by atoms with van der Waals surface area (Å²) in [6, 6.07) is 16.3. The molecule has 0 unspecified atom stereocenters. The minimum Gasteiger partial charge on any atom is -0.508 e. The van der Waals surface area contributed by atoms with E-state index in [0.717, 1.165) is 39.0 Å². The Labute approximate surface area is 550 Å². The van der Waals surface area contributed by atoms with Gasteiger partial charge in [-0.2, -0.15) is 0 Å². The first-order valence-corrected chi connectivity index (χ1v) is 30.0. The van der Waals surface area contributed by atoms with Gasteiger partial charge >= 0.3 is 35.8 Å². The van der Waals surface area contributed by atoms with Gasteiger partial charge in [0.15, 0.2) is 55.0 Å². The molecule has 0 aliphatic carbocycles. The van der Waals surface area contributed by atoms with Gasteiger partial charge in [-0.3, -0.25) is 14.4 Å². The Morgan fingerprint density at radius 3 is 1.55 bits per heavy atom. The Bertz CT molecular complexity index is 3180. The predicted molar refractivity (Wildman–Crippen MR) is 313 cm³/mol. The second-order valence-corrected chi connectivity index (χ2v) is 22.6. The van der Waals surface area contributed by atoms with Crippen LogP contribution in [0.25, 0.3) is 12.2 Å². The number of phenols is 2. The average Bonchev–Trinajstić information content (AvgIpc) is 1.67. The summed E-state index contributed by atoms with van der Waals surface area (Å²) in [6.45, 7) is -3.72. The third kappa shape index (κ3) is 18.5. The zero-order valence-electron chi connectivity index (χ0n) is 52.1. The Balaban J connectivity index is 1.33. The van der Waals surface area contributed by atoms with Crippen LogP contribution in [0.4, 0.5) is 0 Å². The van der Waals surface area contributed by atoms with E-state index in [1.54, 1.807) is 6.07 Å². The highest BCUT2D eigenvalue weighted by Crippen LogP contribution is 2.43. The number of methoxy groups -OCH3 is 1. The molecule has 8 rings (SSSR count). The van der Waals surface area contributed by atoms with E-state index in [4.69, 9.17) is 75.8 Å². The lowest BCUT2D eigenvalue weighted by Gasteiger charge is -2.51. The molecule has 5 fully saturated rings. The van der Waals surface area contributed by atoms with Crippen molar-refractivity contribution in [3.8, 4) is 17.2 Å². The number of carbonyl (C=O) groups excluding carboxylic acids is 6. The first-order chi connectivity index (χ1) is 46.2. The van der Waals surface area contributed by atoms with Gasteiger partial charge in [0.05, 0.1) is 32.5 Å². The maximum absolute atomic E-state index is 14.5. The van der Waals surface area contributed by atoms with E-state index in [1.165, 1.54) is 79.9 Å². The SMILES string of the molecule is COc1cc(/C=C/C(=O)O[C@H]2[C@H](O[C@H]3O[C@H](COC(C)=O)[C@@H](OC(C)=O)[C@H](O[C@H]4O[C@H](CO)[C@@H](O)[C@H](O)[C@H]4O)[C@H]3O)[C@@H](O[C@@H]3O[C@H](CO)[C@@H](O)[C@H](O)[C@H]3O)[C@@H](O[C@]3(COC(=O)/C=C/c4ccc(O)cc4)O[C@H](CO)[C@@H](O)[C@H]3OC(=O)c3ccccc3)O[C@@H]2COC(C)=O)ccc1O. The highest BCUT2D eigenvalue weighted by atomic mass is 16.8. The summed E-state index contributed by atoms with van der Waals surface area (Å²) in [5.74, 6) is -10.4. The number of esters is 6. The highest BCUT2D eigenvalue weighted by molar-refractivity contribution is 5.90. The van der Waals surface area contributed by atoms with Gasteiger partial charge in [0.1, 0.15) is 123 Å². The molecule has 0 spiro atoms. The second kappa shape index (κ2) is 33.9. The minimum atomic E-state index is -3.04. The molecule has 97 heavy (non-hydrogen) atoms. The lowest BCUT2D eigenvalue weighted by molar-refractivity contribution is -0.423. The summed E-state index contributed by atoms with van der Waals surface area (Å²) in [7, 11) is 1.24. The fourth-order valence-corrected chi connectivity index (χ4v) is 10.9. The molecule has 35 nitrogen and oxygen atoms in total. The molecule has 35 heteroatoms. The van der Waals surface area contributed by atoms with Crippen molar-refractivity contribution < 1.29 is 171 Å². The van der Waals surface area contributed by atoms with E-state index < -0.39 is 222 Å². The number of carbonyl (C=O) groups is 6. The number of rotatable bonds is 26. The number of hydrogen-bond donors (Lipinski definition) is 13. The zero-order valence-corrected chi connectivity index (χ0v) is 52.1. The largest absolute Gasteiger partial charge is 0.508 e. The Morgan fingerprint density at radius 1 is 0.485 bits per heavy atom. The van der Waals surface area contributed by atoms with Crippen LogP contribution in [0, 0.1) is 0 Å². The molecule has 0 bridgehead atoms. The molecule has 24 atom stereocenters. The van der Waals surface area contributed by atoms with Crippen LogP contribution >= 0.6 is 0 Å². The van der Waals surface area contributed by atoms with Crippen molar-refractivity contribution in [2.45, 2.75) is 168 Å².